The summed E-state index contributed by atoms with van der Waals surface area (Å²) >= 11 is 0. The van der Waals surface area contributed by atoms with Crippen LogP contribution in [0.25, 0.3) is 0 Å². The van der Waals surface area contributed by atoms with E-state index in [0.29, 0.717) is 6.42 Å². The monoisotopic (exact) mass is 182 g/mol. The Hall–Kier alpha value is -1.25. The summed E-state index contributed by atoms with van der Waals surface area (Å²) in [6.45, 7) is 7.61. The third kappa shape index (κ3) is 5.06. The molecule has 0 atom stereocenters. The van der Waals surface area contributed by atoms with Crippen LogP contribution in [0.5, 0.6) is 0 Å². The van der Waals surface area contributed by atoms with E-state index >= 15 is 0 Å². The lowest BCUT2D eigenvalue weighted by molar-refractivity contribution is -0.117. The molecule has 0 saturated heterocycles. The molecule has 0 aliphatic carbocycles. The lowest BCUT2D eigenvalue weighted by atomic mass is 10.1. The van der Waals surface area contributed by atoms with Crippen LogP contribution in [0.3, 0.4) is 0 Å². The van der Waals surface area contributed by atoms with Crippen molar-refractivity contribution in [2.45, 2.75) is 33.1 Å². The quantitative estimate of drug-likeness (QED) is 0.656. The van der Waals surface area contributed by atoms with E-state index in [-0.39, 0.29) is 5.91 Å². The van der Waals surface area contributed by atoms with E-state index in [1.54, 1.807) is 6.20 Å². The number of nitrogens with two attached hydrogens (primary N) is 1. The molecule has 0 radical (unpaired) electrons. The Morgan fingerprint density at radius 1 is 1.54 bits per heavy atom. The maximum absolute atomic E-state index is 10.6. The summed E-state index contributed by atoms with van der Waals surface area (Å²) < 4.78 is 0. The Bertz CT molecular complexity index is 219. The Morgan fingerprint density at radius 2 is 2.15 bits per heavy atom. The van der Waals surface area contributed by atoms with E-state index in [1.807, 2.05) is 6.92 Å². The predicted octanol–water partition coefficient (Wildman–Crippen LogP) is 1.67. The van der Waals surface area contributed by atoms with Gasteiger partial charge in [-0.25, -0.2) is 0 Å². The Balaban J connectivity index is 4.21. The highest BCUT2D eigenvalue weighted by Gasteiger charge is 2.01. The molecule has 0 heterocycles. The molecule has 0 unspecified atom stereocenters. The fourth-order valence-electron chi connectivity index (χ4n) is 1.16. The van der Waals surface area contributed by atoms with Gasteiger partial charge >= 0.3 is 0 Å². The number of rotatable bonds is 6. The largest absolute Gasteiger partial charge is 0.370 e. The molecule has 13 heavy (non-hydrogen) atoms. The molecule has 0 bridgehead atoms. The fraction of sp³-hybridized carbons (Fsp3) is 0.500. The molecule has 3 nitrogen and oxygen atoms in total. The maximum Gasteiger partial charge on any atom is 0.217 e. The number of nitrogens with one attached hydrogen (secondary N) is 1. The second-order valence-corrected chi connectivity index (χ2v) is 2.90. The molecule has 1 amide bonds. The second-order valence-electron chi connectivity index (χ2n) is 2.90. The van der Waals surface area contributed by atoms with Crippen molar-refractivity contribution in [1.82, 2.24) is 5.32 Å². The van der Waals surface area contributed by atoms with E-state index in [0.717, 1.165) is 18.5 Å². The summed E-state index contributed by atoms with van der Waals surface area (Å²) in [6.07, 6.45) is 3.72. The fourth-order valence-corrected chi connectivity index (χ4v) is 1.16. The van der Waals surface area contributed by atoms with E-state index in [2.05, 4.69) is 18.8 Å². The standard InChI is InChI=1S/C10H18N2O/c1-4-9(6-7-10(11)13)8(3)12-5-2/h5,12H,2,4,6-7H2,1,3H3,(H2,11,13)/b9-8-. The zero-order valence-electron chi connectivity index (χ0n) is 8.39. The molecule has 0 spiro atoms. The lowest BCUT2D eigenvalue weighted by Crippen LogP contribution is -2.11. The summed E-state index contributed by atoms with van der Waals surface area (Å²) in [6, 6.07) is 0. The zero-order valence-corrected chi connectivity index (χ0v) is 8.39. The molecule has 74 valence electrons. The maximum atomic E-state index is 10.6. The molecule has 0 saturated carbocycles. The van der Waals surface area contributed by atoms with Crippen LogP contribution in [-0.2, 0) is 4.79 Å². The first-order valence-corrected chi connectivity index (χ1v) is 4.46. The van der Waals surface area contributed by atoms with Crippen molar-refractivity contribution in [3.05, 3.63) is 24.0 Å². The minimum atomic E-state index is -0.252. The number of primary amides is 1. The van der Waals surface area contributed by atoms with Crippen LogP contribution in [0.2, 0.25) is 0 Å². The van der Waals surface area contributed by atoms with E-state index < -0.39 is 0 Å². The Morgan fingerprint density at radius 3 is 2.54 bits per heavy atom. The zero-order chi connectivity index (χ0) is 10.3. The minimum Gasteiger partial charge on any atom is -0.370 e. The van der Waals surface area contributed by atoms with Crippen LogP contribution in [0, 0.1) is 0 Å². The number of hydrogen-bond acceptors (Lipinski definition) is 2. The summed E-state index contributed by atoms with van der Waals surface area (Å²) in [4.78, 5) is 10.6. The minimum absolute atomic E-state index is 0.252. The van der Waals surface area contributed by atoms with Gasteiger partial charge in [0.05, 0.1) is 0 Å². The normalized spacial score (nSPS) is 11.8. The highest BCUT2D eigenvalue weighted by atomic mass is 16.1. The van der Waals surface area contributed by atoms with Gasteiger partial charge in [-0.1, -0.05) is 19.1 Å². The number of carbonyl (C=O) groups excluding carboxylic acids is 1. The van der Waals surface area contributed by atoms with Gasteiger partial charge in [0.2, 0.25) is 5.91 Å². The molecule has 3 heteroatoms. The predicted molar refractivity (Wildman–Crippen MR) is 54.8 cm³/mol. The Kier molecular flexibility index (Phi) is 5.68. The third-order valence-electron chi connectivity index (χ3n) is 1.95. The molecular formula is C10H18N2O. The Labute approximate surface area is 79.7 Å². The summed E-state index contributed by atoms with van der Waals surface area (Å²) in [7, 11) is 0. The number of amides is 1. The molecule has 0 aliphatic rings. The summed E-state index contributed by atoms with van der Waals surface area (Å²) in [5.74, 6) is -0.252. The average molecular weight is 182 g/mol. The van der Waals surface area contributed by atoms with Crippen molar-refractivity contribution in [3.8, 4) is 0 Å². The van der Waals surface area contributed by atoms with Gasteiger partial charge in [-0.2, -0.15) is 0 Å². The van der Waals surface area contributed by atoms with E-state index in [4.69, 9.17) is 5.73 Å². The summed E-state index contributed by atoms with van der Waals surface area (Å²) in [5, 5.41) is 3.01. The van der Waals surface area contributed by atoms with Crippen LogP contribution >= 0.6 is 0 Å². The van der Waals surface area contributed by atoms with Crippen molar-refractivity contribution in [1.29, 1.82) is 0 Å². The first-order valence-electron chi connectivity index (χ1n) is 4.46. The molecular weight excluding hydrogens is 164 g/mol. The van der Waals surface area contributed by atoms with Crippen LogP contribution in [0.4, 0.5) is 0 Å². The van der Waals surface area contributed by atoms with Crippen molar-refractivity contribution >= 4 is 5.91 Å². The van der Waals surface area contributed by atoms with Crippen LogP contribution in [0.1, 0.15) is 33.1 Å². The van der Waals surface area contributed by atoms with Crippen molar-refractivity contribution < 1.29 is 4.79 Å². The highest BCUT2D eigenvalue weighted by molar-refractivity contribution is 5.73. The number of carbonyl (C=O) groups is 1. The van der Waals surface area contributed by atoms with Gasteiger partial charge in [0.1, 0.15) is 0 Å². The molecule has 0 aromatic heterocycles. The van der Waals surface area contributed by atoms with E-state index in [9.17, 15) is 4.79 Å². The van der Waals surface area contributed by atoms with Gasteiger partial charge in [0.25, 0.3) is 0 Å². The van der Waals surface area contributed by atoms with Crippen LogP contribution < -0.4 is 11.1 Å². The molecule has 0 rings (SSSR count). The topological polar surface area (TPSA) is 55.1 Å². The molecule has 0 fully saturated rings. The van der Waals surface area contributed by atoms with Crippen molar-refractivity contribution in [3.63, 3.8) is 0 Å². The lowest BCUT2D eigenvalue weighted by Gasteiger charge is -2.08. The van der Waals surface area contributed by atoms with Gasteiger partial charge in [-0.3, -0.25) is 4.79 Å². The summed E-state index contributed by atoms with van der Waals surface area (Å²) in [5.41, 5.74) is 7.36. The first-order chi connectivity index (χ1) is 6.11. The van der Waals surface area contributed by atoms with Crippen molar-refractivity contribution in [2.75, 3.05) is 0 Å². The van der Waals surface area contributed by atoms with Gasteiger partial charge < -0.3 is 11.1 Å². The van der Waals surface area contributed by atoms with E-state index in [1.165, 1.54) is 5.57 Å². The highest BCUT2D eigenvalue weighted by Crippen LogP contribution is 2.12. The molecule has 3 N–H and O–H groups in total. The number of allylic oxidation sites excluding steroid dienone is 2. The van der Waals surface area contributed by atoms with Gasteiger partial charge in [0, 0.05) is 12.1 Å². The van der Waals surface area contributed by atoms with Gasteiger partial charge in [-0.15, -0.1) is 0 Å². The smallest absolute Gasteiger partial charge is 0.217 e. The average Bonchev–Trinajstić information content (AvgIpc) is 2.05. The van der Waals surface area contributed by atoms with Gasteiger partial charge in [0.15, 0.2) is 0 Å². The van der Waals surface area contributed by atoms with Crippen LogP contribution in [-0.4, -0.2) is 5.91 Å². The van der Waals surface area contributed by atoms with Gasteiger partial charge in [-0.05, 0) is 26.0 Å². The molecule has 0 aromatic carbocycles. The SMILES string of the molecule is C=CN/C(C)=C(/CC)CCC(N)=O. The second kappa shape index (κ2) is 6.29. The molecule has 0 aromatic rings. The third-order valence-corrected chi connectivity index (χ3v) is 1.95. The number of hydrogen-bond donors (Lipinski definition) is 2. The van der Waals surface area contributed by atoms with Crippen molar-refractivity contribution in [2.24, 2.45) is 5.73 Å². The van der Waals surface area contributed by atoms with Crippen LogP contribution in [0.15, 0.2) is 24.0 Å². The molecule has 0 aliphatic heterocycles. The first kappa shape index (κ1) is 11.8.